The molecule has 2 amide bonds. The Bertz CT molecular complexity index is 1320. The predicted molar refractivity (Wildman–Crippen MR) is 154 cm³/mol. The first-order valence-corrected chi connectivity index (χ1v) is 13.8. The van der Waals surface area contributed by atoms with Crippen molar-refractivity contribution in [3.8, 4) is 5.75 Å². The minimum absolute atomic E-state index is 0.121. The molecule has 2 fully saturated rings. The first-order valence-electron chi connectivity index (χ1n) is 12.4. The summed E-state index contributed by atoms with van der Waals surface area (Å²) < 4.78 is 7.30. The summed E-state index contributed by atoms with van der Waals surface area (Å²) in [7, 11) is 0. The van der Waals surface area contributed by atoms with Crippen LogP contribution in [0, 0.1) is 15.4 Å². The molecule has 1 saturated heterocycles. The van der Waals surface area contributed by atoms with Crippen LogP contribution in [0.15, 0.2) is 54.7 Å². The van der Waals surface area contributed by atoms with E-state index in [0.717, 1.165) is 28.6 Å². The summed E-state index contributed by atoms with van der Waals surface area (Å²) in [6, 6.07) is 14.3. The van der Waals surface area contributed by atoms with Crippen LogP contribution in [-0.4, -0.2) is 36.0 Å². The Morgan fingerprint density at radius 2 is 1.86 bits per heavy atom. The van der Waals surface area contributed by atoms with E-state index in [1.807, 2.05) is 24.3 Å². The molecule has 7 nitrogen and oxygen atoms in total. The van der Waals surface area contributed by atoms with Gasteiger partial charge in [-0.2, -0.15) is 0 Å². The highest BCUT2D eigenvalue weighted by Crippen LogP contribution is 2.46. The van der Waals surface area contributed by atoms with Gasteiger partial charge < -0.3 is 20.7 Å². The number of hydrogen-bond acceptors (Lipinski definition) is 5. The maximum Gasteiger partial charge on any atom is 0.259 e. The average Bonchev–Trinajstić information content (AvgIpc) is 3.58. The highest BCUT2D eigenvalue weighted by Gasteiger charge is 2.53. The number of rotatable bonds is 7. The van der Waals surface area contributed by atoms with Crippen LogP contribution in [0.1, 0.15) is 52.5 Å². The number of fused-ring (bicyclic) bond motifs is 1. The van der Waals surface area contributed by atoms with Crippen molar-refractivity contribution in [1.82, 2.24) is 10.3 Å². The van der Waals surface area contributed by atoms with Gasteiger partial charge in [0.15, 0.2) is 0 Å². The Hall–Kier alpha value is -2.69. The molecule has 2 heterocycles. The van der Waals surface area contributed by atoms with Crippen LogP contribution in [0.25, 0.3) is 0 Å². The number of piperidine rings is 1. The Morgan fingerprint density at radius 1 is 1.05 bits per heavy atom. The number of ether oxygens (including phenoxy) is 1. The van der Waals surface area contributed by atoms with Crippen LogP contribution in [0.3, 0.4) is 0 Å². The summed E-state index contributed by atoms with van der Waals surface area (Å²) in [6.07, 6.45) is 2.67. The number of hydrogen-bond donors (Lipinski definition) is 3. The fourth-order valence-corrected chi connectivity index (χ4v) is 5.34. The first-order chi connectivity index (χ1) is 17.8. The zero-order valence-corrected chi connectivity index (χ0v) is 23.5. The van der Waals surface area contributed by atoms with Gasteiger partial charge in [0.2, 0.25) is 0 Å². The van der Waals surface area contributed by atoms with E-state index in [1.54, 1.807) is 24.3 Å². The van der Waals surface area contributed by atoms with Crippen molar-refractivity contribution in [3.05, 3.63) is 80.0 Å². The van der Waals surface area contributed by atoms with Gasteiger partial charge in [0.25, 0.3) is 11.8 Å². The molecule has 9 heteroatoms. The molecule has 0 spiro atoms. The maximum absolute atomic E-state index is 13.5. The topological polar surface area (TPSA) is 92.4 Å². The van der Waals surface area contributed by atoms with Crippen molar-refractivity contribution in [2.45, 2.75) is 32.3 Å². The molecule has 2 aromatic carbocycles. The molecule has 2 unspecified atom stereocenters. The largest absolute Gasteiger partial charge is 0.489 e. The normalized spacial score (nSPS) is 20.2. The number of carbonyl (C=O) groups is 2. The van der Waals surface area contributed by atoms with E-state index in [-0.39, 0.29) is 17.9 Å². The summed E-state index contributed by atoms with van der Waals surface area (Å²) in [5.74, 6) is 1.57. The molecule has 0 radical (unpaired) electrons. The van der Waals surface area contributed by atoms with Crippen LogP contribution in [0.4, 0.5) is 11.5 Å². The minimum atomic E-state index is -0.384. The number of carbonyl (C=O) groups excluding carboxylic acids is 2. The SMILES string of the molecule is CC(C)c1ccc(C(=O)Nc2ccc(I)cc2C(=O)Nc2ccc(Cl)cn2)c(OC2C3CCNC[C@@H]32)c1. The van der Waals surface area contributed by atoms with E-state index in [1.165, 1.54) is 6.20 Å². The highest BCUT2D eigenvalue weighted by atomic mass is 127. The van der Waals surface area contributed by atoms with Crippen molar-refractivity contribution in [1.29, 1.82) is 0 Å². The summed E-state index contributed by atoms with van der Waals surface area (Å²) in [5.41, 5.74) is 2.29. The molecule has 3 aromatic rings. The van der Waals surface area contributed by atoms with E-state index in [4.69, 9.17) is 16.3 Å². The third-order valence-corrected chi connectivity index (χ3v) is 7.81. The van der Waals surface area contributed by atoms with Gasteiger partial charge in [0, 0.05) is 28.1 Å². The molecule has 3 N–H and O–H groups in total. The van der Waals surface area contributed by atoms with E-state index >= 15 is 0 Å². The first kappa shape index (κ1) is 25.9. The number of amides is 2. The molecule has 1 aromatic heterocycles. The zero-order valence-electron chi connectivity index (χ0n) is 20.6. The molecular formula is C28H28ClIN4O3. The number of halogens is 2. The smallest absolute Gasteiger partial charge is 0.259 e. The molecular weight excluding hydrogens is 603 g/mol. The van der Waals surface area contributed by atoms with Crippen LogP contribution in [0.2, 0.25) is 5.02 Å². The molecule has 3 atom stereocenters. The average molecular weight is 631 g/mol. The van der Waals surface area contributed by atoms with Crippen LogP contribution in [-0.2, 0) is 0 Å². The lowest BCUT2D eigenvalue weighted by atomic mass is 10.0. The van der Waals surface area contributed by atoms with Crippen molar-refractivity contribution < 1.29 is 14.3 Å². The third kappa shape index (κ3) is 5.91. The Morgan fingerprint density at radius 3 is 2.57 bits per heavy atom. The number of aromatic nitrogens is 1. The molecule has 5 rings (SSSR count). The monoisotopic (exact) mass is 630 g/mol. The molecule has 1 saturated carbocycles. The van der Waals surface area contributed by atoms with Crippen LogP contribution < -0.4 is 20.7 Å². The molecule has 1 aliphatic carbocycles. The fourth-order valence-electron chi connectivity index (χ4n) is 4.73. The standard InChI is InChI=1S/C28H28ClIN4O3/c1-15(2)16-3-6-20(24(11-16)37-26-19-9-10-31-14-22(19)26)27(35)33-23-7-5-18(30)12-21(23)28(36)34-25-8-4-17(29)13-32-25/h3-8,11-13,15,19,22,26,31H,9-10,14H2,1-2H3,(H,33,35)(H,32,34,36)/t19?,22-,26?/m0/s1. The van der Waals surface area contributed by atoms with Gasteiger partial charge >= 0.3 is 0 Å². The van der Waals surface area contributed by atoms with E-state index in [0.29, 0.717) is 51.2 Å². The molecule has 192 valence electrons. The zero-order chi connectivity index (χ0) is 26.1. The predicted octanol–water partition coefficient (Wildman–Crippen LogP) is 5.95. The molecule has 37 heavy (non-hydrogen) atoms. The van der Waals surface area contributed by atoms with Gasteiger partial charge in [-0.05, 0) is 89.5 Å². The fraction of sp³-hybridized carbons (Fsp3) is 0.321. The van der Waals surface area contributed by atoms with Crippen molar-refractivity contribution in [2.75, 3.05) is 23.7 Å². The lowest BCUT2D eigenvalue weighted by Crippen LogP contribution is -2.23. The second kappa shape index (κ2) is 11.0. The summed E-state index contributed by atoms with van der Waals surface area (Å²) >= 11 is 8.04. The summed E-state index contributed by atoms with van der Waals surface area (Å²) in [6.45, 7) is 6.19. The second-order valence-electron chi connectivity index (χ2n) is 9.77. The Kier molecular flexibility index (Phi) is 7.69. The van der Waals surface area contributed by atoms with Crippen molar-refractivity contribution in [2.24, 2.45) is 11.8 Å². The van der Waals surface area contributed by atoms with E-state index in [2.05, 4.69) is 57.4 Å². The number of pyridine rings is 1. The van der Waals surface area contributed by atoms with Crippen molar-refractivity contribution >= 4 is 57.5 Å². The second-order valence-corrected chi connectivity index (χ2v) is 11.5. The number of nitrogens with one attached hydrogen (secondary N) is 3. The number of anilines is 2. The van der Waals surface area contributed by atoms with Gasteiger partial charge in [-0.25, -0.2) is 4.98 Å². The Labute approximate surface area is 234 Å². The summed E-state index contributed by atoms with van der Waals surface area (Å²) in [5, 5.41) is 9.60. The lowest BCUT2D eigenvalue weighted by molar-refractivity contribution is 0.102. The van der Waals surface area contributed by atoms with E-state index in [9.17, 15) is 9.59 Å². The van der Waals surface area contributed by atoms with Crippen molar-refractivity contribution in [3.63, 3.8) is 0 Å². The minimum Gasteiger partial charge on any atom is -0.489 e. The van der Waals surface area contributed by atoms with E-state index < -0.39 is 0 Å². The van der Waals surface area contributed by atoms with Gasteiger partial charge in [-0.1, -0.05) is 31.5 Å². The quantitative estimate of drug-likeness (QED) is 0.281. The van der Waals surface area contributed by atoms with Crippen LogP contribution >= 0.6 is 34.2 Å². The van der Waals surface area contributed by atoms with Gasteiger partial charge in [-0.15, -0.1) is 0 Å². The number of nitrogens with zero attached hydrogens (tertiary/aromatic N) is 1. The Balaban J connectivity index is 1.39. The van der Waals surface area contributed by atoms with Crippen LogP contribution in [0.5, 0.6) is 5.75 Å². The molecule has 0 bridgehead atoms. The number of benzene rings is 2. The molecule has 2 aliphatic rings. The lowest BCUT2D eigenvalue weighted by Gasteiger charge is -2.16. The highest BCUT2D eigenvalue weighted by molar-refractivity contribution is 14.1. The third-order valence-electron chi connectivity index (χ3n) is 6.91. The summed E-state index contributed by atoms with van der Waals surface area (Å²) in [4.78, 5) is 30.8. The maximum atomic E-state index is 13.5. The van der Waals surface area contributed by atoms with Gasteiger partial charge in [-0.3, -0.25) is 9.59 Å². The molecule has 1 aliphatic heterocycles. The van der Waals surface area contributed by atoms with Gasteiger partial charge in [0.1, 0.15) is 17.7 Å². The van der Waals surface area contributed by atoms with Gasteiger partial charge in [0.05, 0.1) is 21.8 Å².